The van der Waals surface area contributed by atoms with Crippen LogP contribution in [-0.4, -0.2) is 23.2 Å². The van der Waals surface area contributed by atoms with Crippen molar-refractivity contribution in [1.82, 2.24) is 5.32 Å². The Hall–Kier alpha value is -2.14. The van der Waals surface area contributed by atoms with Crippen LogP contribution in [0.25, 0.3) is 11.3 Å². The predicted molar refractivity (Wildman–Crippen MR) is 124 cm³/mol. The van der Waals surface area contributed by atoms with E-state index in [0.717, 1.165) is 3.57 Å². The maximum absolute atomic E-state index is 12.5. The zero-order valence-electron chi connectivity index (χ0n) is 15.2. The van der Waals surface area contributed by atoms with Gasteiger partial charge in [0.25, 0.3) is 5.91 Å². The average molecular weight is 543 g/mol. The second kappa shape index (κ2) is 9.57. The number of carbonyl (C=O) groups excluding carboxylic acids is 1. The first-order valence-electron chi connectivity index (χ1n) is 8.36. The molecule has 6 nitrogen and oxygen atoms in total. The van der Waals surface area contributed by atoms with E-state index in [1.54, 1.807) is 49.6 Å². The van der Waals surface area contributed by atoms with E-state index in [0.29, 0.717) is 39.1 Å². The number of aliphatic hydroxyl groups is 1. The highest BCUT2D eigenvalue weighted by atomic mass is 127. The van der Waals surface area contributed by atoms with E-state index in [9.17, 15) is 9.90 Å². The minimum absolute atomic E-state index is 0.122. The van der Waals surface area contributed by atoms with Gasteiger partial charge < -0.3 is 19.6 Å². The molecule has 0 saturated heterocycles. The molecular weight excluding hydrogens is 527 g/mol. The van der Waals surface area contributed by atoms with E-state index >= 15 is 0 Å². The number of nitrogens with one attached hydrogen (secondary N) is 2. The van der Waals surface area contributed by atoms with Gasteiger partial charge in [0.1, 0.15) is 23.9 Å². The molecule has 29 heavy (non-hydrogen) atoms. The average Bonchev–Trinajstić information content (AvgIpc) is 3.18. The number of hydrogen-bond acceptors (Lipinski definition) is 5. The molecule has 1 heterocycles. The molecule has 9 heteroatoms. The lowest BCUT2D eigenvalue weighted by atomic mass is 10.1. The molecule has 0 aliphatic carbocycles. The molecule has 3 N–H and O–H groups in total. The number of hydrogen-bond donors (Lipinski definition) is 3. The quantitative estimate of drug-likeness (QED) is 0.316. The molecule has 150 valence electrons. The Labute approximate surface area is 191 Å². The zero-order valence-corrected chi connectivity index (χ0v) is 18.9. The predicted octanol–water partition coefficient (Wildman–Crippen LogP) is 4.83. The Morgan fingerprint density at radius 3 is 2.72 bits per heavy atom. The van der Waals surface area contributed by atoms with E-state index in [1.165, 1.54) is 0 Å². The number of benzene rings is 2. The smallest absolute Gasteiger partial charge is 0.258 e. The van der Waals surface area contributed by atoms with Crippen molar-refractivity contribution in [3.8, 4) is 17.1 Å². The Balaban J connectivity index is 1.77. The number of aliphatic hydroxyl groups excluding tert-OH is 1. The molecule has 3 aromatic rings. The van der Waals surface area contributed by atoms with Gasteiger partial charge in [0, 0.05) is 9.26 Å². The number of amides is 1. The van der Waals surface area contributed by atoms with Crippen molar-refractivity contribution in [2.45, 2.75) is 6.61 Å². The number of carbonyl (C=O) groups is 1. The fraction of sp³-hybridized carbons (Fsp3) is 0.100. The molecule has 1 aromatic heterocycles. The summed E-state index contributed by atoms with van der Waals surface area (Å²) in [7, 11) is 1.55. The number of anilines is 1. The van der Waals surface area contributed by atoms with Crippen LogP contribution in [0, 0.1) is 3.57 Å². The van der Waals surface area contributed by atoms with Crippen LogP contribution in [0.1, 0.15) is 16.1 Å². The summed E-state index contributed by atoms with van der Waals surface area (Å²) < 4.78 is 11.9. The molecular formula is C20H16ClIN2O4S. The number of halogens is 2. The molecule has 0 radical (unpaired) electrons. The Bertz CT molecular complexity index is 1070. The Morgan fingerprint density at radius 2 is 2.03 bits per heavy atom. The van der Waals surface area contributed by atoms with Crippen LogP contribution in [0.15, 0.2) is 52.9 Å². The second-order valence-electron chi connectivity index (χ2n) is 5.87. The normalized spacial score (nSPS) is 10.5. The Kier molecular flexibility index (Phi) is 7.12. The van der Waals surface area contributed by atoms with Crippen LogP contribution in [0.2, 0.25) is 5.02 Å². The second-order valence-corrected chi connectivity index (χ2v) is 7.93. The Morgan fingerprint density at radius 1 is 1.24 bits per heavy atom. The SMILES string of the molecule is COc1ccc(NC(=S)NC(=O)c2cc(I)ccc2Cl)cc1-c1ccc(CO)o1. The highest BCUT2D eigenvalue weighted by molar-refractivity contribution is 14.1. The van der Waals surface area contributed by atoms with Crippen molar-refractivity contribution in [2.24, 2.45) is 0 Å². The van der Waals surface area contributed by atoms with Crippen molar-refractivity contribution < 1.29 is 19.1 Å². The minimum Gasteiger partial charge on any atom is -0.496 e. The van der Waals surface area contributed by atoms with Gasteiger partial charge in [0.2, 0.25) is 0 Å². The van der Waals surface area contributed by atoms with Gasteiger partial charge in [-0.3, -0.25) is 10.1 Å². The van der Waals surface area contributed by atoms with Crippen molar-refractivity contribution in [1.29, 1.82) is 0 Å². The highest BCUT2D eigenvalue weighted by Crippen LogP contribution is 2.33. The van der Waals surface area contributed by atoms with Crippen molar-refractivity contribution >= 4 is 63.1 Å². The maximum Gasteiger partial charge on any atom is 0.258 e. The molecule has 0 unspecified atom stereocenters. The van der Waals surface area contributed by atoms with Gasteiger partial charge in [-0.2, -0.15) is 0 Å². The summed E-state index contributed by atoms with van der Waals surface area (Å²) in [4.78, 5) is 12.5. The number of ether oxygens (including phenoxy) is 1. The lowest BCUT2D eigenvalue weighted by Gasteiger charge is -2.13. The van der Waals surface area contributed by atoms with E-state index in [1.807, 2.05) is 6.07 Å². The summed E-state index contributed by atoms with van der Waals surface area (Å²) in [5, 5.41) is 15.3. The van der Waals surface area contributed by atoms with Gasteiger partial charge in [-0.15, -0.1) is 0 Å². The summed E-state index contributed by atoms with van der Waals surface area (Å²) in [6, 6.07) is 13.9. The summed E-state index contributed by atoms with van der Waals surface area (Å²) in [5.74, 6) is 1.17. The van der Waals surface area contributed by atoms with Gasteiger partial charge in [0.15, 0.2) is 5.11 Å². The fourth-order valence-electron chi connectivity index (χ4n) is 2.59. The summed E-state index contributed by atoms with van der Waals surface area (Å²) >= 11 is 13.5. The number of furan rings is 1. The monoisotopic (exact) mass is 542 g/mol. The lowest BCUT2D eigenvalue weighted by molar-refractivity contribution is 0.0978. The zero-order chi connectivity index (χ0) is 21.0. The topological polar surface area (TPSA) is 83.7 Å². The number of thiocarbonyl (C=S) groups is 1. The molecule has 0 aliphatic heterocycles. The van der Waals surface area contributed by atoms with Crippen LogP contribution >= 0.6 is 46.4 Å². The summed E-state index contributed by atoms with van der Waals surface area (Å²) in [5.41, 5.74) is 1.64. The van der Waals surface area contributed by atoms with Crippen molar-refractivity contribution in [2.75, 3.05) is 12.4 Å². The molecule has 0 fully saturated rings. The van der Waals surface area contributed by atoms with Crippen LogP contribution in [0.4, 0.5) is 5.69 Å². The van der Waals surface area contributed by atoms with Crippen LogP contribution < -0.4 is 15.4 Å². The van der Waals surface area contributed by atoms with E-state index in [-0.39, 0.29) is 11.7 Å². The van der Waals surface area contributed by atoms with Crippen molar-refractivity contribution in [3.63, 3.8) is 0 Å². The van der Waals surface area contributed by atoms with Gasteiger partial charge in [-0.1, -0.05) is 11.6 Å². The fourth-order valence-corrected chi connectivity index (χ4v) is 3.50. The highest BCUT2D eigenvalue weighted by Gasteiger charge is 2.15. The van der Waals surface area contributed by atoms with Gasteiger partial charge >= 0.3 is 0 Å². The van der Waals surface area contributed by atoms with Gasteiger partial charge in [-0.05, 0) is 83.3 Å². The summed E-state index contributed by atoms with van der Waals surface area (Å²) in [6.07, 6.45) is 0. The van der Waals surface area contributed by atoms with Crippen LogP contribution in [0.5, 0.6) is 5.75 Å². The first-order valence-corrected chi connectivity index (χ1v) is 10.2. The third kappa shape index (κ3) is 5.27. The number of rotatable bonds is 5. The van der Waals surface area contributed by atoms with Crippen LogP contribution in [-0.2, 0) is 6.61 Å². The third-order valence-corrected chi connectivity index (χ3v) is 5.15. The standard InChI is InChI=1S/C20H16ClIN2O4S/c1-27-17-6-3-12(9-15(17)18-7-4-13(10-25)28-18)23-20(29)24-19(26)14-8-11(22)2-5-16(14)21/h2-9,25H,10H2,1H3,(H2,23,24,26,29). The number of methoxy groups -OCH3 is 1. The first kappa shape index (κ1) is 21.6. The molecule has 2 aromatic carbocycles. The van der Waals surface area contributed by atoms with Crippen LogP contribution in [0.3, 0.4) is 0 Å². The molecule has 3 rings (SSSR count). The molecule has 0 spiro atoms. The molecule has 0 aliphatic rings. The first-order chi connectivity index (χ1) is 13.9. The van der Waals surface area contributed by atoms with E-state index < -0.39 is 5.91 Å². The molecule has 0 atom stereocenters. The van der Waals surface area contributed by atoms with Crippen molar-refractivity contribution in [3.05, 3.63) is 68.4 Å². The largest absolute Gasteiger partial charge is 0.496 e. The van der Waals surface area contributed by atoms with Gasteiger partial charge in [-0.25, -0.2) is 0 Å². The van der Waals surface area contributed by atoms with Gasteiger partial charge in [0.05, 0.1) is 23.3 Å². The van der Waals surface area contributed by atoms with E-state index in [2.05, 4.69) is 33.2 Å². The molecule has 1 amide bonds. The molecule has 0 bridgehead atoms. The maximum atomic E-state index is 12.5. The minimum atomic E-state index is -0.404. The molecule has 0 saturated carbocycles. The lowest BCUT2D eigenvalue weighted by Crippen LogP contribution is -2.34. The van der Waals surface area contributed by atoms with E-state index in [4.69, 9.17) is 33.0 Å². The third-order valence-electron chi connectivity index (χ3n) is 3.94. The summed E-state index contributed by atoms with van der Waals surface area (Å²) in [6.45, 7) is -0.197.